The first-order valence-corrected chi connectivity index (χ1v) is 8.19. The van der Waals surface area contributed by atoms with E-state index in [1.807, 2.05) is 4.98 Å². The number of carbonyl (C=O) groups excluding carboxylic acids is 2. The molecule has 2 aliphatic rings. The molecule has 0 radical (unpaired) electrons. The van der Waals surface area contributed by atoms with Crippen LogP contribution in [0.1, 0.15) is 6.42 Å². The van der Waals surface area contributed by atoms with Crippen molar-refractivity contribution >= 4 is 27.9 Å². The van der Waals surface area contributed by atoms with Gasteiger partial charge >= 0.3 is 16.0 Å². The highest BCUT2D eigenvalue weighted by Gasteiger charge is 2.59. The van der Waals surface area contributed by atoms with E-state index in [1.54, 1.807) is 0 Å². The minimum atomic E-state index is -4.65. The summed E-state index contributed by atoms with van der Waals surface area (Å²) in [5.74, 6) is -2.76. The zero-order valence-corrected chi connectivity index (χ0v) is 12.8. The lowest BCUT2D eigenvalue weighted by atomic mass is 10.0. The molecule has 24 heavy (non-hydrogen) atoms. The Morgan fingerprint density at radius 3 is 2.88 bits per heavy atom. The van der Waals surface area contributed by atoms with E-state index in [0.717, 1.165) is 11.1 Å². The van der Waals surface area contributed by atoms with E-state index >= 15 is 0 Å². The predicted molar refractivity (Wildman–Crippen MR) is 75.6 cm³/mol. The number of nitrogens with zero attached hydrogens (tertiary/aromatic N) is 3. The van der Waals surface area contributed by atoms with Crippen LogP contribution in [0.25, 0.3) is 0 Å². The van der Waals surface area contributed by atoms with Crippen LogP contribution in [0.15, 0.2) is 11.0 Å². The maximum absolute atomic E-state index is 13.4. The van der Waals surface area contributed by atoms with Gasteiger partial charge in [-0.2, -0.15) is 13.4 Å². The Morgan fingerprint density at radius 2 is 2.21 bits per heavy atom. The first-order chi connectivity index (χ1) is 11.2. The Kier molecular flexibility index (Phi) is 3.76. The molecular formula is C11H12FN5O6S. The second kappa shape index (κ2) is 5.52. The van der Waals surface area contributed by atoms with Crippen LogP contribution >= 0.6 is 0 Å². The molecule has 2 amide bonds. The van der Waals surface area contributed by atoms with E-state index < -0.39 is 58.1 Å². The van der Waals surface area contributed by atoms with Crippen molar-refractivity contribution in [3.63, 3.8) is 0 Å². The van der Waals surface area contributed by atoms with E-state index in [2.05, 4.69) is 10.3 Å². The summed E-state index contributed by atoms with van der Waals surface area (Å²) >= 11 is 0. The van der Waals surface area contributed by atoms with Crippen LogP contribution in [-0.4, -0.2) is 69.1 Å². The van der Waals surface area contributed by atoms with E-state index in [4.69, 9.17) is 4.55 Å². The van der Waals surface area contributed by atoms with E-state index in [1.165, 1.54) is 0 Å². The van der Waals surface area contributed by atoms with Crippen molar-refractivity contribution in [2.45, 2.75) is 18.5 Å². The average Bonchev–Trinajstić information content (AvgIpc) is 2.85. The second-order valence-corrected chi connectivity index (χ2v) is 6.54. The SMILES string of the molecule is O=C(CNc1nc(=O)[nH]cc1F)N1CC[C@@H]2[C@H]1C(=O)N2S(=O)(=O)O. The van der Waals surface area contributed by atoms with Crippen molar-refractivity contribution in [3.05, 3.63) is 22.5 Å². The number of likely N-dealkylation sites (tertiary alicyclic amines) is 1. The molecule has 11 nitrogen and oxygen atoms in total. The minimum Gasteiger partial charge on any atom is -0.358 e. The summed E-state index contributed by atoms with van der Waals surface area (Å²) in [7, 11) is -4.65. The Morgan fingerprint density at radius 1 is 1.50 bits per heavy atom. The fraction of sp³-hybridized carbons (Fsp3) is 0.455. The standard InChI is InChI=1S/C11H12FN5O6S/c12-5-3-14-11(20)15-9(5)13-4-7(18)16-2-1-6-8(16)10(19)17(6)24(21,22)23/h3,6,8H,1-2,4H2,(H,21,22,23)(H2,13,14,15,20)/t6-,8+/m1/s1. The maximum Gasteiger partial charge on any atom is 0.362 e. The normalized spacial score (nSPS) is 23.0. The molecule has 13 heteroatoms. The average molecular weight is 361 g/mol. The third-order valence-electron chi connectivity index (χ3n) is 3.88. The molecule has 2 fully saturated rings. The number of aromatic nitrogens is 2. The Hall–Kier alpha value is -2.54. The lowest BCUT2D eigenvalue weighted by Gasteiger charge is -2.42. The lowest BCUT2D eigenvalue weighted by molar-refractivity contribution is -0.151. The number of aromatic amines is 1. The molecule has 1 aromatic rings. The van der Waals surface area contributed by atoms with Crippen molar-refractivity contribution < 1.29 is 27.0 Å². The predicted octanol–water partition coefficient (Wildman–Crippen LogP) is -2.06. The number of fused-ring (bicyclic) bond motifs is 1. The van der Waals surface area contributed by atoms with Crippen LogP contribution in [0.5, 0.6) is 0 Å². The number of anilines is 1. The van der Waals surface area contributed by atoms with Crippen LogP contribution in [0.3, 0.4) is 0 Å². The highest BCUT2D eigenvalue weighted by atomic mass is 32.2. The Labute approximate surface area is 134 Å². The van der Waals surface area contributed by atoms with Gasteiger partial charge in [0, 0.05) is 12.7 Å². The van der Waals surface area contributed by atoms with Crippen LogP contribution in [0.2, 0.25) is 0 Å². The molecule has 0 aliphatic carbocycles. The van der Waals surface area contributed by atoms with Gasteiger partial charge in [0.15, 0.2) is 11.6 Å². The number of carbonyl (C=O) groups is 2. The zero-order valence-electron chi connectivity index (χ0n) is 12.0. The van der Waals surface area contributed by atoms with Gasteiger partial charge in [-0.25, -0.2) is 13.5 Å². The Balaban J connectivity index is 1.66. The largest absolute Gasteiger partial charge is 0.362 e. The van der Waals surface area contributed by atoms with Gasteiger partial charge in [0.2, 0.25) is 5.91 Å². The zero-order chi connectivity index (χ0) is 17.6. The summed E-state index contributed by atoms with van der Waals surface area (Å²) in [6.07, 6.45) is 0.979. The quantitative estimate of drug-likeness (QED) is 0.409. The molecule has 0 bridgehead atoms. The van der Waals surface area contributed by atoms with Crippen molar-refractivity contribution in [2.75, 3.05) is 18.4 Å². The number of hydrogen-bond donors (Lipinski definition) is 3. The van der Waals surface area contributed by atoms with E-state index in [-0.39, 0.29) is 13.0 Å². The van der Waals surface area contributed by atoms with Gasteiger partial charge in [-0.1, -0.05) is 0 Å². The van der Waals surface area contributed by atoms with Crippen LogP contribution in [0, 0.1) is 5.82 Å². The fourth-order valence-electron chi connectivity index (χ4n) is 2.86. The molecule has 2 atom stereocenters. The third kappa shape index (κ3) is 2.60. The van der Waals surface area contributed by atoms with Gasteiger partial charge in [0.1, 0.15) is 6.04 Å². The number of rotatable bonds is 4. The number of H-pyrrole nitrogens is 1. The van der Waals surface area contributed by atoms with Crippen molar-refractivity contribution in [3.8, 4) is 0 Å². The van der Waals surface area contributed by atoms with Gasteiger partial charge in [0.05, 0.1) is 12.6 Å². The van der Waals surface area contributed by atoms with Crippen molar-refractivity contribution in [1.82, 2.24) is 19.2 Å². The summed E-state index contributed by atoms with van der Waals surface area (Å²) in [5, 5.41) is 2.36. The van der Waals surface area contributed by atoms with Gasteiger partial charge in [-0.15, -0.1) is 0 Å². The first kappa shape index (κ1) is 16.3. The molecule has 0 spiro atoms. The lowest BCUT2D eigenvalue weighted by Crippen LogP contribution is -2.68. The van der Waals surface area contributed by atoms with Gasteiger partial charge < -0.3 is 15.2 Å². The molecule has 0 saturated carbocycles. The van der Waals surface area contributed by atoms with Crippen LogP contribution in [0.4, 0.5) is 10.2 Å². The Bertz CT molecular complexity index is 870. The third-order valence-corrected chi connectivity index (χ3v) is 4.82. The second-order valence-electron chi connectivity index (χ2n) is 5.26. The fourth-order valence-corrected chi connectivity index (χ4v) is 3.76. The van der Waals surface area contributed by atoms with E-state index in [0.29, 0.717) is 4.31 Å². The molecule has 3 heterocycles. The van der Waals surface area contributed by atoms with Crippen molar-refractivity contribution in [2.24, 2.45) is 0 Å². The topological polar surface area (TPSA) is 153 Å². The number of amides is 2. The number of hydrogen-bond acceptors (Lipinski definition) is 7. The molecule has 0 aromatic carbocycles. The summed E-state index contributed by atoms with van der Waals surface area (Å²) in [6, 6.07) is -1.77. The monoisotopic (exact) mass is 361 g/mol. The molecule has 2 aliphatic heterocycles. The minimum absolute atomic E-state index is 0.110. The van der Waals surface area contributed by atoms with Gasteiger partial charge in [0.25, 0.3) is 5.91 Å². The molecule has 1 aromatic heterocycles. The number of nitrogens with one attached hydrogen (secondary N) is 2. The molecular weight excluding hydrogens is 349 g/mol. The number of halogens is 1. The highest BCUT2D eigenvalue weighted by molar-refractivity contribution is 7.84. The molecule has 130 valence electrons. The molecule has 2 saturated heterocycles. The number of β-lactam (4-membered cyclic amide) rings is 1. The van der Waals surface area contributed by atoms with Gasteiger partial charge in [-0.05, 0) is 6.42 Å². The summed E-state index contributed by atoms with van der Waals surface area (Å²) < 4.78 is 44.9. The highest BCUT2D eigenvalue weighted by Crippen LogP contribution is 2.35. The van der Waals surface area contributed by atoms with Crippen molar-refractivity contribution in [1.29, 1.82) is 0 Å². The summed E-state index contributed by atoms with van der Waals surface area (Å²) in [6.45, 7) is -0.325. The molecule has 0 unspecified atom stereocenters. The summed E-state index contributed by atoms with van der Waals surface area (Å²) in [5.41, 5.74) is -0.800. The van der Waals surface area contributed by atoms with Crippen LogP contribution in [-0.2, 0) is 19.9 Å². The maximum atomic E-state index is 13.4. The smallest absolute Gasteiger partial charge is 0.358 e. The first-order valence-electron chi connectivity index (χ1n) is 6.79. The van der Waals surface area contributed by atoms with E-state index in [9.17, 15) is 27.2 Å². The van der Waals surface area contributed by atoms with Gasteiger partial charge in [-0.3, -0.25) is 14.1 Å². The molecule has 3 rings (SSSR count). The summed E-state index contributed by atoms with van der Waals surface area (Å²) in [4.78, 5) is 41.5. The molecule has 3 N–H and O–H groups in total. The van der Waals surface area contributed by atoms with Crippen LogP contribution < -0.4 is 11.0 Å².